The van der Waals surface area contributed by atoms with Crippen LogP contribution in [0.25, 0.3) is 0 Å². The summed E-state index contributed by atoms with van der Waals surface area (Å²) >= 11 is 1.40. The largest absolute Gasteiger partial charge is 0.309 e. The fourth-order valence-electron chi connectivity index (χ4n) is 1.51. The van der Waals surface area contributed by atoms with Gasteiger partial charge in [-0.05, 0) is 29.7 Å². The summed E-state index contributed by atoms with van der Waals surface area (Å²) in [6.45, 7) is 3.08. The molecule has 0 saturated carbocycles. The average molecular weight is 253 g/mol. The highest BCUT2D eigenvalue weighted by atomic mass is 32.1. The van der Waals surface area contributed by atoms with Crippen LogP contribution in [0.2, 0.25) is 0 Å². The molecule has 2 rings (SSSR count). The summed E-state index contributed by atoms with van der Waals surface area (Å²) in [7, 11) is 1.76. The maximum Gasteiger partial charge on any atom is 0.176 e. The predicted octanol–water partition coefficient (Wildman–Crippen LogP) is 0.345. The fourth-order valence-corrected chi connectivity index (χ4v) is 2.08. The van der Waals surface area contributed by atoms with Gasteiger partial charge in [0.1, 0.15) is 0 Å². The zero-order valence-corrected chi connectivity index (χ0v) is 10.7. The Hall–Kier alpha value is -1.41. The lowest BCUT2D eigenvalue weighted by molar-refractivity contribution is 0.523. The molecule has 0 radical (unpaired) electrons. The van der Waals surface area contributed by atoms with Crippen molar-refractivity contribution in [2.45, 2.75) is 25.8 Å². The number of aryl methyl sites for hydroxylation is 1. The van der Waals surface area contributed by atoms with Gasteiger partial charge >= 0.3 is 0 Å². The van der Waals surface area contributed by atoms with Crippen molar-refractivity contribution in [3.8, 4) is 0 Å². The van der Waals surface area contributed by atoms with E-state index in [2.05, 4.69) is 37.2 Å². The minimum absolute atomic E-state index is 0.166. The third kappa shape index (κ3) is 3.27. The number of hydrogen-bond donors (Lipinski definition) is 1. The molecule has 2 heterocycles. The lowest BCUT2D eigenvalue weighted by atomic mass is 10.1. The molecule has 1 unspecified atom stereocenters. The van der Waals surface area contributed by atoms with Crippen LogP contribution in [0.4, 0.5) is 0 Å². The van der Waals surface area contributed by atoms with E-state index in [1.54, 1.807) is 13.2 Å². The van der Waals surface area contributed by atoms with Crippen LogP contribution in [-0.4, -0.2) is 36.3 Å². The molecule has 2 aromatic heterocycles. The SMILES string of the molecule is CCCNC(Cc1nnn(C)n1)c1cnns1. The van der Waals surface area contributed by atoms with Gasteiger partial charge in [0.15, 0.2) is 5.82 Å². The van der Waals surface area contributed by atoms with E-state index in [9.17, 15) is 0 Å². The molecule has 0 saturated heterocycles. The quantitative estimate of drug-likeness (QED) is 0.799. The smallest absolute Gasteiger partial charge is 0.176 e. The Kier molecular flexibility index (Phi) is 4.10. The van der Waals surface area contributed by atoms with Crippen LogP contribution < -0.4 is 5.32 Å². The van der Waals surface area contributed by atoms with Crippen molar-refractivity contribution in [2.75, 3.05) is 6.54 Å². The molecular formula is C9H15N7S. The third-order valence-corrected chi connectivity index (χ3v) is 3.08. The minimum Gasteiger partial charge on any atom is -0.309 e. The van der Waals surface area contributed by atoms with Crippen LogP contribution in [0.15, 0.2) is 6.20 Å². The Morgan fingerprint density at radius 3 is 3.00 bits per heavy atom. The van der Waals surface area contributed by atoms with Crippen LogP contribution in [0.1, 0.15) is 30.1 Å². The lowest BCUT2D eigenvalue weighted by Crippen LogP contribution is -2.23. The van der Waals surface area contributed by atoms with Gasteiger partial charge in [-0.1, -0.05) is 11.4 Å². The zero-order valence-electron chi connectivity index (χ0n) is 9.87. The van der Waals surface area contributed by atoms with E-state index in [0.29, 0.717) is 6.42 Å². The van der Waals surface area contributed by atoms with E-state index in [4.69, 9.17) is 0 Å². The van der Waals surface area contributed by atoms with E-state index in [0.717, 1.165) is 23.7 Å². The van der Waals surface area contributed by atoms with Crippen molar-refractivity contribution in [3.05, 3.63) is 16.9 Å². The second kappa shape index (κ2) is 5.78. The summed E-state index contributed by atoms with van der Waals surface area (Å²) in [5.74, 6) is 0.731. The minimum atomic E-state index is 0.166. The number of nitrogens with one attached hydrogen (secondary N) is 1. The molecule has 0 aromatic carbocycles. The topological polar surface area (TPSA) is 81.4 Å². The predicted molar refractivity (Wildman–Crippen MR) is 63.4 cm³/mol. The summed E-state index contributed by atoms with van der Waals surface area (Å²) in [5.41, 5.74) is 0. The van der Waals surface area contributed by atoms with E-state index in [1.165, 1.54) is 16.3 Å². The van der Waals surface area contributed by atoms with Crippen LogP contribution in [0.5, 0.6) is 0 Å². The Morgan fingerprint density at radius 2 is 2.41 bits per heavy atom. The second-order valence-electron chi connectivity index (χ2n) is 3.73. The average Bonchev–Trinajstić information content (AvgIpc) is 2.95. The molecule has 0 spiro atoms. The van der Waals surface area contributed by atoms with Crippen LogP contribution in [0, 0.1) is 0 Å². The number of nitrogens with zero attached hydrogens (tertiary/aromatic N) is 6. The number of tetrazole rings is 1. The molecule has 2 aromatic rings. The van der Waals surface area contributed by atoms with Crippen molar-refractivity contribution in [2.24, 2.45) is 7.05 Å². The van der Waals surface area contributed by atoms with Crippen molar-refractivity contribution in [1.82, 2.24) is 35.1 Å². The Balaban J connectivity index is 2.05. The Morgan fingerprint density at radius 1 is 1.53 bits per heavy atom. The summed E-state index contributed by atoms with van der Waals surface area (Å²) in [6.07, 6.45) is 3.57. The first-order valence-electron chi connectivity index (χ1n) is 5.53. The Bertz CT molecular complexity index is 438. The van der Waals surface area contributed by atoms with Gasteiger partial charge in [0.05, 0.1) is 24.2 Å². The fraction of sp³-hybridized carbons (Fsp3) is 0.667. The van der Waals surface area contributed by atoms with Gasteiger partial charge in [0.2, 0.25) is 0 Å². The van der Waals surface area contributed by atoms with Gasteiger partial charge in [-0.2, -0.15) is 4.80 Å². The Labute approximate surface area is 103 Å². The molecule has 1 atom stereocenters. The van der Waals surface area contributed by atoms with Crippen LogP contribution in [0.3, 0.4) is 0 Å². The van der Waals surface area contributed by atoms with Gasteiger partial charge in [-0.3, -0.25) is 0 Å². The maximum atomic E-state index is 4.19. The molecule has 92 valence electrons. The molecule has 0 amide bonds. The number of hydrogen-bond acceptors (Lipinski definition) is 7. The van der Waals surface area contributed by atoms with Crippen molar-refractivity contribution in [3.63, 3.8) is 0 Å². The van der Waals surface area contributed by atoms with E-state index >= 15 is 0 Å². The van der Waals surface area contributed by atoms with E-state index in [-0.39, 0.29) is 6.04 Å². The first-order valence-corrected chi connectivity index (χ1v) is 6.30. The first-order chi connectivity index (χ1) is 8.29. The second-order valence-corrected chi connectivity index (χ2v) is 4.54. The molecule has 17 heavy (non-hydrogen) atoms. The summed E-state index contributed by atoms with van der Waals surface area (Å²) < 4.78 is 3.89. The maximum absolute atomic E-state index is 4.19. The first kappa shape index (κ1) is 12.1. The van der Waals surface area contributed by atoms with Gasteiger partial charge in [0.25, 0.3) is 0 Å². The number of rotatable bonds is 6. The molecule has 7 nitrogen and oxygen atoms in total. The molecule has 8 heteroatoms. The van der Waals surface area contributed by atoms with Gasteiger partial charge in [-0.25, -0.2) is 0 Å². The van der Waals surface area contributed by atoms with E-state index in [1.807, 2.05) is 0 Å². The summed E-state index contributed by atoms with van der Waals surface area (Å²) in [6, 6.07) is 0.166. The molecule has 0 aliphatic carbocycles. The summed E-state index contributed by atoms with van der Waals surface area (Å²) in [5, 5.41) is 19.3. The molecule has 0 aliphatic heterocycles. The highest BCUT2D eigenvalue weighted by Gasteiger charge is 2.16. The normalized spacial score (nSPS) is 12.8. The molecule has 0 bridgehead atoms. The lowest BCUT2D eigenvalue weighted by Gasteiger charge is -2.13. The van der Waals surface area contributed by atoms with Gasteiger partial charge < -0.3 is 5.32 Å². The molecular weight excluding hydrogens is 238 g/mol. The zero-order chi connectivity index (χ0) is 12.1. The van der Waals surface area contributed by atoms with Crippen molar-refractivity contribution >= 4 is 11.5 Å². The molecule has 0 aliphatic rings. The van der Waals surface area contributed by atoms with Crippen molar-refractivity contribution in [1.29, 1.82) is 0 Å². The third-order valence-electron chi connectivity index (χ3n) is 2.30. The summed E-state index contributed by atoms with van der Waals surface area (Å²) in [4.78, 5) is 2.57. The van der Waals surface area contributed by atoms with Crippen LogP contribution in [-0.2, 0) is 13.5 Å². The molecule has 0 fully saturated rings. The van der Waals surface area contributed by atoms with Gasteiger partial charge in [-0.15, -0.1) is 15.3 Å². The standard InChI is InChI=1S/C9H15N7S/c1-3-4-10-7(8-6-11-15-17-8)5-9-12-14-16(2)13-9/h6-7,10H,3-5H2,1-2H3. The number of aromatic nitrogens is 6. The van der Waals surface area contributed by atoms with Gasteiger partial charge in [0, 0.05) is 6.42 Å². The highest BCUT2D eigenvalue weighted by molar-refractivity contribution is 7.05. The monoisotopic (exact) mass is 253 g/mol. The molecule has 1 N–H and O–H groups in total. The van der Waals surface area contributed by atoms with Crippen molar-refractivity contribution < 1.29 is 0 Å². The van der Waals surface area contributed by atoms with Crippen LogP contribution >= 0.6 is 11.5 Å². The van der Waals surface area contributed by atoms with E-state index < -0.39 is 0 Å². The highest BCUT2D eigenvalue weighted by Crippen LogP contribution is 2.18.